The van der Waals surface area contributed by atoms with Gasteiger partial charge in [-0.2, -0.15) is 0 Å². The van der Waals surface area contributed by atoms with Crippen molar-refractivity contribution in [2.75, 3.05) is 0 Å². The van der Waals surface area contributed by atoms with Crippen molar-refractivity contribution in [1.29, 1.82) is 0 Å². The van der Waals surface area contributed by atoms with E-state index in [4.69, 9.17) is 10.2 Å². The molecule has 0 aliphatic heterocycles. The van der Waals surface area contributed by atoms with Gasteiger partial charge in [0.1, 0.15) is 5.41 Å². The average Bonchev–Trinajstić information content (AvgIpc) is 2.95. The number of nitrogens with zero attached hydrogens (tertiary/aromatic N) is 1. The summed E-state index contributed by atoms with van der Waals surface area (Å²) in [7, 11) is 0. The van der Waals surface area contributed by atoms with Gasteiger partial charge in [-0.15, -0.1) is 0 Å². The molecule has 2 rings (SSSR count). The predicted octanol–water partition coefficient (Wildman–Crippen LogP) is 0.509. The predicted molar refractivity (Wildman–Crippen MR) is 49.3 cm³/mol. The first-order valence-electron chi connectivity index (χ1n) is 4.46. The summed E-state index contributed by atoms with van der Waals surface area (Å²) in [5.41, 5.74) is -0.801. The number of aromatic nitrogens is 1. The molecule has 0 saturated heterocycles. The lowest BCUT2D eigenvalue weighted by molar-refractivity contribution is -0.145. The second kappa shape index (κ2) is 3.05. The standard InChI is InChI=1S/C10H9NO4/c12-8(13)7-4-10(7,9(14)15)6-2-1-3-11-5-6/h1-3,5,7H,4H2,(H,12,13)(H,14,15). The summed E-state index contributed by atoms with van der Waals surface area (Å²) in [4.78, 5) is 25.7. The number of rotatable bonds is 3. The minimum Gasteiger partial charge on any atom is -0.481 e. The van der Waals surface area contributed by atoms with Gasteiger partial charge in [0.15, 0.2) is 0 Å². The van der Waals surface area contributed by atoms with E-state index in [-0.39, 0.29) is 6.42 Å². The number of hydrogen-bond acceptors (Lipinski definition) is 3. The van der Waals surface area contributed by atoms with Gasteiger partial charge < -0.3 is 10.2 Å². The largest absolute Gasteiger partial charge is 0.481 e. The van der Waals surface area contributed by atoms with Crippen LogP contribution in [-0.4, -0.2) is 27.1 Å². The zero-order valence-corrected chi connectivity index (χ0v) is 7.75. The van der Waals surface area contributed by atoms with Gasteiger partial charge in [0.25, 0.3) is 0 Å². The second-order valence-electron chi connectivity index (χ2n) is 3.61. The fourth-order valence-electron chi connectivity index (χ4n) is 1.87. The Bertz CT molecular complexity index is 417. The molecule has 2 atom stereocenters. The number of carboxylic acids is 2. The van der Waals surface area contributed by atoms with Crippen molar-refractivity contribution < 1.29 is 19.8 Å². The van der Waals surface area contributed by atoms with E-state index >= 15 is 0 Å². The van der Waals surface area contributed by atoms with E-state index in [1.54, 1.807) is 12.1 Å². The molecule has 1 saturated carbocycles. The zero-order chi connectivity index (χ0) is 11.1. The molecular weight excluding hydrogens is 198 g/mol. The lowest BCUT2D eigenvalue weighted by atomic mass is 9.95. The van der Waals surface area contributed by atoms with E-state index in [0.29, 0.717) is 5.56 Å². The average molecular weight is 207 g/mol. The first kappa shape index (κ1) is 9.64. The topological polar surface area (TPSA) is 87.5 Å². The Morgan fingerprint density at radius 2 is 2.20 bits per heavy atom. The Kier molecular flexibility index (Phi) is 1.96. The van der Waals surface area contributed by atoms with Crippen LogP contribution < -0.4 is 0 Å². The summed E-state index contributed by atoms with van der Waals surface area (Å²) in [6.45, 7) is 0. The van der Waals surface area contributed by atoms with Crippen molar-refractivity contribution in [2.45, 2.75) is 11.8 Å². The second-order valence-corrected chi connectivity index (χ2v) is 3.61. The number of pyridine rings is 1. The van der Waals surface area contributed by atoms with Crippen LogP contribution in [0.3, 0.4) is 0 Å². The van der Waals surface area contributed by atoms with E-state index in [0.717, 1.165) is 0 Å². The number of aliphatic carboxylic acids is 2. The van der Waals surface area contributed by atoms with E-state index in [1.807, 2.05) is 0 Å². The highest BCUT2D eigenvalue weighted by atomic mass is 16.4. The SMILES string of the molecule is O=C(O)C1CC1(C(=O)O)c1cccnc1. The molecule has 1 aromatic rings. The van der Waals surface area contributed by atoms with Gasteiger partial charge in [0.05, 0.1) is 5.92 Å². The molecule has 2 unspecified atom stereocenters. The molecule has 0 aromatic carbocycles. The Labute approximate surface area is 85.4 Å². The van der Waals surface area contributed by atoms with Crippen LogP contribution in [0.15, 0.2) is 24.5 Å². The molecule has 1 heterocycles. The summed E-state index contributed by atoms with van der Waals surface area (Å²) in [6, 6.07) is 3.21. The molecule has 78 valence electrons. The third-order valence-corrected chi connectivity index (χ3v) is 2.82. The van der Waals surface area contributed by atoms with Crippen molar-refractivity contribution in [1.82, 2.24) is 4.98 Å². The Morgan fingerprint density at radius 3 is 2.60 bits per heavy atom. The lowest BCUT2D eigenvalue weighted by Gasteiger charge is -2.10. The maximum Gasteiger partial charge on any atom is 0.315 e. The van der Waals surface area contributed by atoms with E-state index in [2.05, 4.69) is 4.98 Å². The molecule has 0 spiro atoms. The first-order chi connectivity index (χ1) is 7.09. The van der Waals surface area contributed by atoms with Crippen molar-refractivity contribution in [3.8, 4) is 0 Å². The monoisotopic (exact) mass is 207 g/mol. The van der Waals surface area contributed by atoms with E-state index in [1.165, 1.54) is 12.4 Å². The fraction of sp³-hybridized carbons (Fsp3) is 0.300. The summed E-state index contributed by atoms with van der Waals surface area (Å²) in [5.74, 6) is -3.00. The van der Waals surface area contributed by atoms with Gasteiger partial charge >= 0.3 is 11.9 Å². The molecule has 1 fully saturated rings. The minimum absolute atomic E-state index is 0.142. The highest BCUT2D eigenvalue weighted by molar-refractivity contribution is 5.94. The van der Waals surface area contributed by atoms with Crippen LogP contribution in [0.2, 0.25) is 0 Å². The van der Waals surface area contributed by atoms with E-state index < -0.39 is 23.3 Å². The van der Waals surface area contributed by atoms with Crippen molar-refractivity contribution in [3.63, 3.8) is 0 Å². The molecule has 5 heteroatoms. The Hall–Kier alpha value is -1.91. The van der Waals surface area contributed by atoms with Gasteiger partial charge in [0, 0.05) is 12.4 Å². The van der Waals surface area contributed by atoms with Crippen molar-refractivity contribution in [2.24, 2.45) is 5.92 Å². The van der Waals surface area contributed by atoms with Crippen molar-refractivity contribution >= 4 is 11.9 Å². The molecular formula is C10H9NO4. The van der Waals surface area contributed by atoms with Gasteiger partial charge in [-0.05, 0) is 18.1 Å². The third-order valence-electron chi connectivity index (χ3n) is 2.82. The maximum absolute atomic E-state index is 11.1. The maximum atomic E-state index is 11.1. The Balaban J connectivity index is 2.40. The van der Waals surface area contributed by atoms with Gasteiger partial charge in [-0.25, -0.2) is 0 Å². The van der Waals surface area contributed by atoms with Crippen LogP contribution in [0.25, 0.3) is 0 Å². The molecule has 0 bridgehead atoms. The van der Waals surface area contributed by atoms with Crippen LogP contribution in [0.1, 0.15) is 12.0 Å². The van der Waals surface area contributed by atoms with Crippen LogP contribution in [0.4, 0.5) is 0 Å². The highest BCUT2D eigenvalue weighted by Crippen LogP contribution is 2.54. The molecule has 5 nitrogen and oxygen atoms in total. The molecule has 15 heavy (non-hydrogen) atoms. The number of hydrogen-bond donors (Lipinski definition) is 2. The molecule has 1 aromatic heterocycles. The zero-order valence-electron chi connectivity index (χ0n) is 7.75. The third kappa shape index (κ3) is 1.27. The van der Waals surface area contributed by atoms with Gasteiger partial charge in [-0.1, -0.05) is 6.07 Å². The molecule has 0 radical (unpaired) electrons. The molecule has 2 N–H and O–H groups in total. The summed E-state index contributed by atoms with van der Waals surface area (Å²) in [6.07, 6.45) is 3.08. The first-order valence-corrected chi connectivity index (χ1v) is 4.46. The molecule has 1 aliphatic rings. The summed E-state index contributed by atoms with van der Waals surface area (Å²) in [5, 5.41) is 17.9. The summed E-state index contributed by atoms with van der Waals surface area (Å²) < 4.78 is 0. The fourth-order valence-corrected chi connectivity index (χ4v) is 1.87. The molecule has 1 aliphatic carbocycles. The quantitative estimate of drug-likeness (QED) is 0.753. The Morgan fingerprint density at radius 1 is 1.47 bits per heavy atom. The van der Waals surface area contributed by atoms with Crippen LogP contribution in [0, 0.1) is 5.92 Å². The van der Waals surface area contributed by atoms with E-state index in [9.17, 15) is 9.59 Å². The van der Waals surface area contributed by atoms with Gasteiger partial charge in [0.2, 0.25) is 0 Å². The van der Waals surface area contributed by atoms with Crippen molar-refractivity contribution in [3.05, 3.63) is 30.1 Å². The van der Waals surface area contributed by atoms with Crippen LogP contribution >= 0.6 is 0 Å². The number of carboxylic acid groups (broad SMARTS) is 2. The summed E-state index contributed by atoms with van der Waals surface area (Å²) >= 11 is 0. The highest BCUT2D eigenvalue weighted by Gasteiger charge is 2.65. The van der Waals surface area contributed by atoms with Crippen LogP contribution in [-0.2, 0) is 15.0 Å². The normalized spacial score (nSPS) is 28.4. The van der Waals surface area contributed by atoms with Crippen LogP contribution in [0.5, 0.6) is 0 Å². The minimum atomic E-state index is -1.26. The van der Waals surface area contributed by atoms with Gasteiger partial charge in [-0.3, -0.25) is 14.6 Å². The molecule has 0 amide bonds. The lowest BCUT2D eigenvalue weighted by Crippen LogP contribution is -2.25. The number of carbonyl (C=O) groups is 2. The smallest absolute Gasteiger partial charge is 0.315 e.